The molecule has 0 bridgehead atoms. The van der Waals surface area contributed by atoms with Crippen LogP contribution in [0, 0.1) is 6.92 Å². The van der Waals surface area contributed by atoms with Crippen LogP contribution in [0.25, 0.3) is 0 Å². The predicted molar refractivity (Wildman–Crippen MR) is 87.0 cm³/mol. The molecule has 1 aromatic rings. The summed E-state index contributed by atoms with van der Waals surface area (Å²) in [5.41, 5.74) is 1.74. The minimum Gasteiger partial charge on any atom is -0.391 e. The third kappa shape index (κ3) is 3.78. The van der Waals surface area contributed by atoms with E-state index in [4.69, 9.17) is 0 Å². The summed E-state index contributed by atoms with van der Waals surface area (Å²) >= 11 is 1.64. The lowest BCUT2D eigenvalue weighted by Crippen LogP contribution is -2.41. The number of β-amino-alcohol motifs (C(OH)–C–C–N with tert-alkyl or cyclic N) is 1. The van der Waals surface area contributed by atoms with E-state index in [-0.39, 0.29) is 11.9 Å². The Morgan fingerprint density at radius 1 is 1.48 bits per heavy atom. The van der Waals surface area contributed by atoms with Crippen LogP contribution >= 0.6 is 11.8 Å². The van der Waals surface area contributed by atoms with Gasteiger partial charge in [0, 0.05) is 29.6 Å². The van der Waals surface area contributed by atoms with Crippen molar-refractivity contribution >= 4 is 17.7 Å². The summed E-state index contributed by atoms with van der Waals surface area (Å²) in [4.78, 5) is 17.8. The lowest BCUT2D eigenvalue weighted by atomic mass is 10.1. The maximum atomic E-state index is 12.9. The molecule has 1 aliphatic heterocycles. The van der Waals surface area contributed by atoms with Crippen LogP contribution in [0.4, 0.5) is 0 Å². The average Bonchev–Trinajstić information content (AvgIpc) is 2.78. The van der Waals surface area contributed by atoms with Crippen LogP contribution in [0.5, 0.6) is 0 Å². The minimum atomic E-state index is -0.414. The smallest absolute Gasteiger partial charge is 0.254 e. The van der Waals surface area contributed by atoms with Gasteiger partial charge in [0.25, 0.3) is 5.91 Å². The second-order valence-electron chi connectivity index (χ2n) is 5.94. The molecular weight excluding hydrogens is 284 g/mol. The Hall–Kier alpha value is -1.04. The van der Waals surface area contributed by atoms with Crippen LogP contribution in [-0.2, 0) is 0 Å². The van der Waals surface area contributed by atoms with E-state index >= 15 is 0 Å². The molecule has 1 N–H and O–H groups in total. The molecule has 1 heterocycles. The highest BCUT2D eigenvalue weighted by Crippen LogP contribution is 2.25. The third-order valence-corrected chi connectivity index (χ3v) is 4.63. The maximum absolute atomic E-state index is 12.9. The van der Waals surface area contributed by atoms with Gasteiger partial charge in [-0.2, -0.15) is 0 Å². The van der Waals surface area contributed by atoms with Crippen molar-refractivity contribution < 1.29 is 9.90 Å². The lowest BCUT2D eigenvalue weighted by Gasteiger charge is -2.27. The van der Waals surface area contributed by atoms with E-state index in [0.29, 0.717) is 13.0 Å². The number of carbonyl (C=O) groups excluding carboxylic acids is 1. The topological polar surface area (TPSA) is 43.8 Å². The maximum Gasteiger partial charge on any atom is 0.254 e. The first-order chi connectivity index (χ1) is 9.92. The van der Waals surface area contributed by atoms with Crippen molar-refractivity contribution in [3.63, 3.8) is 0 Å². The number of hydrogen-bond acceptors (Lipinski definition) is 4. The van der Waals surface area contributed by atoms with Gasteiger partial charge in [0.15, 0.2) is 0 Å². The average molecular weight is 308 g/mol. The largest absolute Gasteiger partial charge is 0.391 e. The second kappa shape index (κ2) is 6.81. The van der Waals surface area contributed by atoms with E-state index < -0.39 is 6.10 Å². The van der Waals surface area contributed by atoms with Crippen molar-refractivity contribution in [1.82, 2.24) is 9.80 Å². The summed E-state index contributed by atoms with van der Waals surface area (Å²) < 4.78 is 0. The molecular formula is C16H24N2O2S. The summed E-state index contributed by atoms with van der Waals surface area (Å²) in [7, 11) is 3.99. The Bertz CT molecular complexity index is 519. The minimum absolute atomic E-state index is 0.0341. The number of nitrogens with zero attached hydrogens (tertiary/aromatic N) is 2. The van der Waals surface area contributed by atoms with Gasteiger partial charge in [-0.25, -0.2) is 0 Å². The summed E-state index contributed by atoms with van der Waals surface area (Å²) in [5, 5.41) is 9.93. The van der Waals surface area contributed by atoms with E-state index in [1.165, 1.54) is 0 Å². The Labute approximate surface area is 131 Å². The number of rotatable bonds is 4. The van der Waals surface area contributed by atoms with E-state index in [0.717, 1.165) is 22.6 Å². The van der Waals surface area contributed by atoms with Gasteiger partial charge >= 0.3 is 0 Å². The van der Waals surface area contributed by atoms with Crippen molar-refractivity contribution in [1.29, 1.82) is 0 Å². The van der Waals surface area contributed by atoms with Crippen LogP contribution in [0.15, 0.2) is 23.1 Å². The zero-order valence-electron chi connectivity index (χ0n) is 13.2. The number of likely N-dealkylation sites (N-methyl/N-ethyl adjacent to an activating group) is 1. The van der Waals surface area contributed by atoms with Gasteiger partial charge in [0.05, 0.1) is 6.10 Å². The monoisotopic (exact) mass is 308 g/mol. The SMILES string of the molecule is CSc1ccc(C)c(C(=O)N2CC(O)CC2CN(C)C)c1. The molecule has 0 saturated carbocycles. The summed E-state index contributed by atoms with van der Waals surface area (Å²) in [6, 6.07) is 6.07. The van der Waals surface area contributed by atoms with Crippen LogP contribution in [0.2, 0.25) is 0 Å². The highest BCUT2D eigenvalue weighted by Gasteiger charge is 2.35. The molecule has 116 valence electrons. The molecule has 0 aromatic heterocycles. The van der Waals surface area contributed by atoms with Crippen molar-refractivity contribution in [3.8, 4) is 0 Å². The molecule has 1 amide bonds. The molecule has 4 nitrogen and oxygen atoms in total. The molecule has 1 aromatic carbocycles. The molecule has 2 unspecified atom stereocenters. The van der Waals surface area contributed by atoms with Gasteiger partial charge in [0.2, 0.25) is 0 Å². The molecule has 2 rings (SSSR count). The van der Waals surface area contributed by atoms with Gasteiger partial charge in [-0.15, -0.1) is 11.8 Å². The van der Waals surface area contributed by atoms with E-state index in [9.17, 15) is 9.90 Å². The van der Waals surface area contributed by atoms with Crippen molar-refractivity contribution in [3.05, 3.63) is 29.3 Å². The number of aliphatic hydroxyl groups is 1. The zero-order valence-corrected chi connectivity index (χ0v) is 14.0. The highest BCUT2D eigenvalue weighted by atomic mass is 32.2. The van der Waals surface area contributed by atoms with Gasteiger partial charge in [-0.1, -0.05) is 6.07 Å². The Balaban J connectivity index is 2.25. The first kappa shape index (κ1) is 16.3. The Morgan fingerprint density at radius 2 is 2.19 bits per heavy atom. The fraction of sp³-hybridized carbons (Fsp3) is 0.562. The van der Waals surface area contributed by atoms with Crippen molar-refractivity contribution in [2.45, 2.75) is 30.4 Å². The number of aliphatic hydroxyl groups excluding tert-OH is 1. The van der Waals surface area contributed by atoms with Crippen LogP contribution in [0.1, 0.15) is 22.3 Å². The number of hydrogen-bond donors (Lipinski definition) is 1. The number of benzene rings is 1. The fourth-order valence-corrected chi connectivity index (χ4v) is 3.29. The number of thioether (sulfide) groups is 1. The van der Waals surface area contributed by atoms with Gasteiger partial charge < -0.3 is 14.9 Å². The summed E-state index contributed by atoms with van der Waals surface area (Å²) in [6.45, 7) is 3.18. The molecule has 0 radical (unpaired) electrons. The Kier molecular flexibility index (Phi) is 5.30. The molecule has 5 heteroatoms. The van der Waals surface area contributed by atoms with E-state index in [1.54, 1.807) is 11.8 Å². The number of likely N-dealkylation sites (tertiary alicyclic amines) is 1. The first-order valence-electron chi connectivity index (χ1n) is 7.20. The number of amides is 1. The second-order valence-corrected chi connectivity index (χ2v) is 6.82. The van der Waals surface area contributed by atoms with Crippen molar-refractivity contribution in [2.24, 2.45) is 0 Å². The molecule has 1 fully saturated rings. The number of aryl methyl sites for hydroxylation is 1. The molecule has 1 aliphatic rings. The molecule has 2 atom stereocenters. The van der Waals surface area contributed by atoms with Crippen LogP contribution in [0.3, 0.4) is 0 Å². The molecule has 0 aliphatic carbocycles. The van der Waals surface area contributed by atoms with E-state index in [2.05, 4.69) is 4.90 Å². The normalized spacial score (nSPS) is 22.1. The zero-order chi connectivity index (χ0) is 15.6. The van der Waals surface area contributed by atoms with E-state index in [1.807, 2.05) is 50.4 Å². The molecule has 1 saturated heterocycles. The van der Waals surface area contributed by atoms with Gasteiger partial charge in [0.1, 0.15) is 0 Å². The summed E-state index contributed by atoms with van der Waals surface area (Å²) in [6.07, 6.45) is 2.25. The first-order valence-corrected chi connectivity index (χ1v) is 8.43. The quantitative estimate of drug-likeness (QED) is 0.862. The van der Waals surface area contributed by atoms with Gasteiger partial charge in [-0.05, 0) is 51.4 Å². The lowest BCUT2D eigenvalue weighted by molar-refractivity contribution is 0.0698. The van der Waals surface area contributed by atoms with Crippen LogP contribution in [-0.4, -0.2) is 66.4 Å². The summed E-state index contributed by atoms with van der Waals surface area (Å²) in [5.74, 6) is 0.0341. The molecule has 0 spiro atoms. The standard InChI is InChI=1S/C16H24N2O2S/c1-11-5-6-14(21-4)8-15(11)16(20)18-10-13(19)7-12(18)9-17(2)3/h5-6,8,12-13,19H,7,9-10H2,1-4H3. The predicted octanol–water partition coefficient (Wildman–Crippen LogP) is 1.85. The fourth-order valence-electron chi connectivity index (χ4n) is 2.85. The highest BCUT2D eigenvalue weighted by molar-refractivity contribution is 7.98. The third-order valence-electron chi connectivity index (χ3n) is 3.90. The van der Waals surface area contributed by atoms with Crippen LogP contribution < -0.4 is 0 Å². The molecule has 21 heavy (non-hydrogen) atoms. The van der Waals surface area contributed by atoms with Gasteiger partial charge in [-0.3, -0.25) is 4.79 Å². The number of carbonyl (C=O) groups is 1. The van der Waals surface area contributed by atoms with Crippen molar-refractivity contribution in [2.75, 3.05) is 33.4 Å². The Morgan fingerprint density at radius 3 is 2.81 bits per heavy atom.